The predicted molar refractivity (Wildman–Crippen MR) is 80.8 cm³/mol. The first-order chi connectivity index (χ1) is 9.70. The number of amides is 1. The van der Waals surface area contributed by atoms with Crippen LogP contribution in [0.15, 0.2) is 23.1 Å². The average Bonchev–Trinajstić information content (AvgIpc) is 2.40. The van der Waals surface area contributed by atoms with E-state index in [9.17, 15) is 13.2 Å². The Morgan fingerprint density at radius 1 is 1.43 bits per heavy atom. The summed E-state index contributed by atoms with van der Waals surface area (Å²) < 4.78 is 31.0. The summed E-state index contributed by atoms with van der Waals surface area (Å²) >= 11 is 0. The second-order valence-electron chi connectivity index (χ2n) is 4.66. The Hall–Kier alpha value is -1.64. The van der Waals surface area contributed by atoms with Crippen LogP contribution in [0.1, 0.15) is 13.8 Å². The normalized spacial score (nSPS) is 13.0. The molecule has 0 aliphatic carbocycles. The van der Waals surface area contributed by atoms with Crippen LogP contribution in [-0.4, -0.2) is 45.4 Å². The number of rotatable bonds is 6. The number of nitrogens with zero attached hydrogens (tertiary/aromatic N) is 1. The Bertz CT molecular complexity index is 612. The molecule has 0 aliphatic heterocycles. The molecule has 0 heterocycles. The van der Waals surface area contributed by atoms with Gasteiger partial charge in [0.25, 0.3) is 0 Å². The lowest BCUT2D eigenvalue weighted by Gasteiger charge is -2.17. The van der Waals surface area contributed by atoms with Gasteiger partial charge in [-0.2, -0.15) is 0 Å². The first-order valence-corrected chi connectivity index (χ1v) is 7.90. The van der Waals surface area contributed by atoms with Gasteiger partial charge in [0, 0.05) is 19.8 Å². The quantitative estimate of drug-likeness (QED) is 0.801. The van der Waals surface area contributed by atoms with Crippen molar-refractivity contribution < 1.29 is 17.9 Å². The Balaban J connectivity index is 3.28. The topological polar surface area (TPSA) is 102 Å². The van der Waals surface area contributed by atoms with Gasteiger partial charge >= 0.3 is 0 Å². The summed E-state index contributed by atoms with van der Waals surface area (Å²) in [5.41, 5.74) is 5.82. The van der Waals surface area contributed by atoms with Crippen LogP contribution in [0.25, 0.3) is 0 Å². The zero-order valence-electron chi connectivity index (χ0n) is 12.6. The summed E-state index contributed by atoms with van der Waals surface area (Å²) in [6.45, 7) is 3.64. The Morgan fingerprint density at radius 3 is 2.52 bits per heavy atom. The molecule has 0 radical (unpaired) electrons. The fraction of sp³-hybridized carbons (Fsp3) is 0.462. The number of benzene rings is 1. The fourth-order valence-electron chi connectivity index (χ4n) is 1.51. The Morgan fingerprint density at radius 2 is 2.05 bits per heavy atom. The number of ether oxygens (including phenoxy) is 1. The van der Waals surface area contributed by atoms with Gasteiger partial charge in [-0.25, -0.2) is 12.7 Å². The summed E-state index contributed by atoms with van der Waals surface area (Å²) in [6.07, 6.45) is 0. The van der Waals surface area contributed by atoms with E-state index in [0.29, 0.717) is 12.3 Å². The molecule has 0 bridgehead atoms. The van der Waals surface area contributed by atoms with Crippen molar-refractivity contribution in [2.24, 2.45) is 5.73 Å². The van der Waals surface area contributed by atoms with Gasteiger partial charge in [-0.3, -0.25) is 4.79 Å². The second-order valence-corrected chi connectivity index (χ2v) is 6.78. The van der Waals surface area contributed by atoms with Gasteiger partial charge in [0.1, 0.15) is 10.6 Å². The van der Waals surface area contributed by atoms with Crippen LogP contribution >= 0.6 is 0 Å². The number of carbonyl (C=O) groups excluding carboxylic acids is 1. The van der Waals surface area contributed by atoms with E-state index in [2.05, 4.69) is 5.32 Å². The standard InChI is InChI=1S/C13H21N3O4S/c1-5-20-11-7-6-10(15-13(17)9(2)14)8-12(11)21(18,19)16(3)4/h6-9H,5,14H2,1-4H3,(H,15,17)/t9-/m1/s1. The Labute approximate surface area is 125 Å². The summed E-state index contributed by atoms with van der Waals surface area (Å²) in [5.74, 6) is -0.155. The van der Waals surface area contributed by atoms with E-state index < -0.39 is 22.0 Å². The molecule has 0 saturated heterocycles. The maximum absolute atomic E-state index is 12.3. The highest BCUT2D eigenvalue weighted by Gasteiger charge is 2.23. The van der Waals surface area contributed by atoms with Gasteiger partial charge in [0.05, 0.1) is 12.6 Å². The van der Waals surface area contributed by atoms with Gasteiger partial charge in [0.15, 0.2) is 0 Å². The van der Waals surface area contributed by atoms with Crippen molar-refractivity contribution in [3.63, 3.8) is 0 Å². The number of hydrogen-bond donors (Lipinski definition) is 2. The van der Waals surface area contributed by atoms with Crippen LogP contribution in [-0.2, 0) is 14.8 Å². The molecule has 1 atom stereocenters. The molecule has 0 saturated carbocycles. The van der Waals surface area contributed by atoms with Crippen molar-refractivity contribution in [3.05, 3.63) is 18.2 Å². The molecule has 3 N–H and O–H groups in total. The minimum absolute atomic E-state index is 0.00294. The van der Waals surface area contributed by atoms with Crippen LogP contribution in [0.4, 0.5) is 5.69 Å². The second kappa shape index (κ2) is 6.88. The lowest BCUT2D eigenvalue weighted by molar-refractivity contribution is -0.117. The lowest BCUT2D eigenvalue weighted by atomic mass is 10.2. The van der Waals surface area contributed by atoms with Crippen LogP contribution in [0, 0.1) is 0 Å². The number of carbonyl (C=O) groups is 1. The van der Waals surface area contributed by atoms with Crippen molar-refractivity contribution in [1.82, 2.24) is 4.31 Å². The maximum atomic E-state index is 12.3. The van der Waals surface area contributed by atoms with E-state index in [4.69, 9.17) is 10.5 Å². The number of sulfonamides is 1. The van der Waals surface area contributed by atoms with E-state index >= 15 is 0 Å². The molecule has 1 rings (SSSR count). The molecule has 1 amide bonds. The zero-order chi connectivity index (χ0) is 16.2. The number of nitrogens with two attached hydrogens (primary N) is 1. The monoisotopic (exact) mass is 315 g/mol. The number of anilines is 1. The smallest absolute Gasteiger partial charge is 0.246 e. The minimum Gasteiger partial charge on any atom is -0.492 e. The molecule has 1 aromatic rings. The van der Waals surface area contributed by atoms with Gasteiger partial charge in [0.2, 0.25) is 15.9 Å². The van der Waals surface area contributed by atoms with Crippen molar-refractivity contribution >= 4 is 21.6 Å². The summed E-state index contributed by atoms with van der Waals surface area (Å²) in [5, 5.41) is 2.56. The molecular formula is C13H21N3O4S. The van der Waals surface area contributed by atoms with Crippen LogP contribution < -0.4 is 15.8 Å². The molecule has 1 aromatic carbocycles. The lowest BCUT2D eigenvalue weighted by Crippen LogP contribution is -2.32. The molecule has 0 fully saturated rings. The third-order valence-electron chi connectivity index (χ3n) is 2.68. The molecule has 118 valence electrons. The van der Waals surface area contributed by atoms with Crippen molar-refractivity contribution in [2.45, 2.75) is 24.8 Å². The highest BCUT2D eigenvalue weighted by atomic mass is 32.2. The zero-order valence-corrected chi connectivity index (χ0v) is 13.4. The van der Waals surface area contributed by atoms with E-state index in [1.165, 1.54) is 26.2 Å². The highest BCUT2D eigenvalue weighted by Crippen LogP contribution is 2.29. The average molecular weight is 315 g/mol. The van der Waals surface area contributed by atoms with E-state index in [0.717, 1.165) is 4.31 Å². The third-order valence-corrected chi connectivity index (χ3v) is 4.52. The van der Waals surface area contributed by atoms with Crippen LogP contribution in [0.3, 0.4) is 0 Å². The van der Waals surface area contributed by atoms with Gasteiger partial charge in [-0.15, -0.1) is 0 Å². The van der Waals surface area contributed by atoms with Gasteiger partial charge < -0.3 is 15.8 Å². The van der Waals surface area contributed by atoms with Gasteiger partial charge in [-0.05, 0) is 32.0 Å². The minimum atomic E-state index is -3.68. The SMILES string of the molecule is CCOc1ccc(NC(=O)[C@@H](C)N)cc1S(=O)(=O)N(C)C. The van der Waals surface area contributed by atoms with E-state index in [1.807, 2.05) is 0 Å². The largest absolute Gasteiger partial charge is 0.492 e. The summed E-state index contributed by atoms with van der Waals surface area (Å²) in [4.78, 5) is 11.6. The number of hydrogen-bond acceptors (Lipinski definition) is 5. The van der Waals surface area contributed by atoms with E-state index in [-0.39, 0.29) is 10.6 Å². The van der Waals surface area contributed by atoms with Gasteiger partial charge in [-0.1, -0.05) is 0 Å². The first-order valence-electron chi connectivity index (χ1n) is 6.46. The molecule has 0 aliphatic rings. The van der Waals surface area contributed by atoms with Crippen LogP contribution in [0.5, 0.6) is 5.75 Å². The van der Waals surface area contributed by atoms with E-state index in [1.54, 1.807) is 19.9 Å². The predicted octanol–water partition coefficient (Wildman–Crippen LogP) is 0.621. The van der Waals surface area contributed by atoms with Crippen LogP contribution in [0.2, 0.25) is 0 Å². The highest BCUT2D eigenvalue weighted by molar-refractivity contribution is 7.89. The fourth-order valence-corrected chi connectivity index (χ4v) is 2.57. The molecule has 0 unspecified atom stereocenters. The van der Waals surface area contributed by atoms with Crippen molar-refractivity contribution in [3.8, 4) is 5.75 Å². The van der Waals surface area contributed by atoms with Crippen molar-refractivity contribution in [1.29, 1.82) is 0 Å². The van der Waals surface area contributed by atoms with Crippen molar-refractivity contribution in [2.75, 3.05) is 26.0 Å². The first kappa shape index (κ1) is 17.4. The molecule has 0 aromatic heterocycles. The summed E-state index contributed by atoms with van der Waals surface area (Å²) in [6, 6.07) is 3.75. The number of nitrogens with one attached hydrogen (secondary N) is 1. The molecular weight excluding hydrogens is 294 g/mol. The molecule has 7 nitrogen and oxygen atoms in total. The summed E-state index contributed by atoms with van der Waals surface area (Å²) in [7, 11) is -0.825. The molecule has 8 heteroatoms. The third kappa shape index (κ3) is 4.16. The Kier molecular flexibility index (Phi) is 5.70. The maximum Gasteiger partial charge on any atom is 0.246 e. The molecule has 0 spiro atoms. The molecule has 21 heavy (non-hydrogen) atoms.